The van der Waals surface area contributed by atoms with E-state index in [0.29, 0.717) is 40.1 Å². The molecule has 31 heavy (non-hydrogen) atoms. The van der Waals surface area contributed by atoms with Gasteiger partial charge in [-0.1, -0.05) is 11.6 Å². The van der Waals surface area contributed by atoms with Crippen LogP contribution in [0.5, 0.6) is 11.8 Å². The fraction of sp³-hybridized carbons (Fsp3) is 0.286. The van der Waals surface area contributed by atoms with Gasteiger partial charge in [-0.3, -0.25) is 0 Å². The van der Waals surface area contributed by atoms with Gasteiger partial charge in [-0.25, -0.2) is 4.98 Å². The fourth-order valence-electron chi connectivity index (χ4n) is 4.60. The summed E-state index contributed by atoms with van der Waals surface area (Å²) in [4.78, 5) is 19.2. The van der Waals surface area contributed by atoms with Crippen LogP contribution in [0.2, 0.25) is 5.02 Å². The second-order valence-electron chi connectivity index (χ2n) is 8.14. The van der Waals surface area contributed by atoms with Crippen molar-refractivity contribution in [3.8, 4) is 11.8 Å². The Kier molecular flexibility index (Phi) is 3.93. The third kappa shape index (κ3) is 2.92. The zero-order valence-corrected chi connectivity index (χ0v) is 17.5. The lowest BCUT2D eigenvalue weighted by Gasteiger charge is -2.21. The number of hydrogen-bond acceptors (Lipinski definition) is 8. The first kappa shape index (κ1) is 18.5. The summed E-state index contributed by atoms with van der Waals surface area (Å²) >= 11 is 6.41. The number of pyridine rings is 1. The van der Waals surface area contributed by atoms with Crippen molar-refractivity contribution in [1.29, 1.82) is 0 Å². The highest BCUT2D eigenvalue weighted by molar-refractivity contribution is 6.32. The molecule has 0 amide bonds. The maximum absolute atomic E-state index is 6.41. The number of anilines is 3. The summed E-state index contributed by atoms with van der Waals surface area (Å²) in [6.07, 6.45) is 1.55. The Bertz CT molecular complexity index is 1310. The van der Waals surface area contributed by atoms with Crippen molar-refractivity contribution in [1.82, 2.24) is 19.9 Å². The highest BCUT2D eigenvalue weighted by Crippen LogP contribution is 2.47. The first-order chi connectivity index (χ1) is 15.0. The molecule has 9 nitrogen and oxygen atoms in total. The number of nitrogens with zero attached hydrogens (tertiary/aromatic N) is 4. The van der Waals surface area contributed by atoms with Crippen LogP contribution in [-0.4, -0.2) is 46.1 Å². The number of nitrogens with two attached hydrogens (primary N) is 2. The van der Waals surface area contributed by atoms with Crippen LogP contribution in [0.3, 0.4) is 0 Å². The van der Waals surface area contributed by atoms with Crippen LogP contribution < -0.4 is 26.4 Å². The maximum atomic E-state index is 6.41. The summed E-state index contributed by atoms with van der Waals surface area (Å²) in [5.74, 6) is 2.78. The Morgan fingerprint density at radius 3 is 2.74 bits per heavy atom. The normalized spacial score (nSPS) is 22.2. The number of H-pyrrole nitrogens is 1. The zero-order chi connectivity index (χ0) is 21.3. The van der Waals surface area contributed by atoms with E-state index in [1.165, 1.54) is 0 Å². The van der Waals surface area contributed by atoms with Gasteiger partial charge in [0.05, 0.1) is 22.8 Å². The maximum Gasteiger partial charge on any atom is 0.326 e. The fourth-order valence-corrected chi connectivity index (χ4v) is 4.82. The van der Waals surface area contributed by atoms with Gasteiger partial charge in [-0.05, 0) is 36.1 Å². The number of hydrogen-bond donors (Lipinski definition) is 4. The summed E-state index contributed by atoms with van der Waals surface area (Å²) in [7, 11) is 1.86. The molecular formula is C21H21ClN8O. The SMILES string of the molecule is CNc1cc(Cl)cc2c1[nH]c1nc(Oc3ccc(N)nc3)nc(N3CC4C(N)C4C3)c12. The minimum absolute atomic E-state index is 0.239. The molecule has 1 aliphatic heterocycles. The number of nitrogens with one attached hydrogen (secondary N) is 2. The van der Waals surface area contributed by atoms with Gasteiger partial charge in [-0.15, -0.1) is 0 Å². The predicted molar refractivity (Wildman–Crippen MR) is 122 cm³/mol. The third-order valence-electron chi connectivity index (χ3n) is 6.28. The topological polar surface area (TPSA) is 131 Å². The van der Waals surface area contributed by atoms with Crippen LogP contribution >= 0.6 is 11.6 Å². The number of benzene rings is 1. The summed E-state index contributed by atoms with van der Waals surface area (Å²) in [5.41, 5.74) is 14.3. The minimum Gasteiger partial charge on any atom is -0.423 e. The molecular weight excluding hydrogens is 416 g/mol. The second-order valence-corrected chi connectivity index (χ2v) is 8.57. The number of nitrogen functional groups attached to an aromatic ring is 1. The molecule has 1 aromatic carbocycles. The molecule has 0 radical (unpaired) electrons. The van der Waals surface area contributed by atoms with E-state index in [4.69, 9.17) is 32.8 Å². The van der Waals surface area contributed by atoms with E-state index >= 15 is 0 Å². The number of rotatable bonds is 4. The van der Waals surface area contributed by atoms with Gasteiger partial charge >= 0.3 is 6.01 Å². The van der Waals surface area contributed by atoms with Gasteiger partial charge in [0, 0.05) is 36.6 Å². The highest BCUT2D eigenvalue weighted by atomic mass is 35.5. The molecule has 0 bridgehead atoms. The van der Waals surface area contributed by atoms with E-state index in [1.54, 1.807) is 18.3 Å². The molecule has 3 aromatic heterocycles. The van der Waals surface area contributed by atoms with E-state index in [-0.39, 0.29) is 6.01 Å². The van der Waals surface area contributed by atoms with E-state index < -0.39 is 0 Å². The lowest BCUT2D eigenvalue weighted by atomic mass is 10.1. The molecule has 1 saturated heterocycles. The van der Waals surface area contributed by atoms with Gasteiger partial charge in [-0.2, -0.15) is 9.97 Å². The van der Waals surface area contributed by atoms with Crippen molar-refractivity contribution in [2.45, 2.75) is 6.04 Å². The summed E-state index contributed by atoms with van der Waals surface area (Å²) < 4.78 is 5.92. The summed E-state index contributed by atoms with van der Waals surface area (Å²) in [6.45, 7) is 1.74. The van der Waals surface area contributed by atoms with Crippen LogP contribution in [0, 0.1) is 11.8 Å². The molecule has 1 saturated carbocycles. The van der Waals surface area contributed by atoms with Crippen molar-refractivity contribution in [3.05, 3.63) is 35.5 Å². The molecule has 2 unspecified atom stereocenters. The molecule has 6 rings (SSSR count). The number of aromatic nitrogens is 4. The molecule has 4 heterocycles. The van der Waals surface area contributed by atoms with Crippen molar-refractivity contribution in [2.24, 2.45) is 17.6 Å². The van der Waals surface area contributed by atoms with Gasteiger partial charge < -0.3 is 31.4 Å². The monoisotopic (exact) mass is 436 g/mol. The van der Waals surface area contributed by atoms with Gasteiger partial charge in [0.1, 0.15) is 23.0 Å². The highest BCUT2D eigenvalue weighted by Gasteiger charge is 2.54. The lowest BCUT2D eigenvalue weighted by Crippen LogP contribution is -2.29. The van der Waals surface area contributed by atoms with Gasteiger partial charge in [0.15, 0.2) is 0 Å². The quantitative estimate of drug-likeness (QED) is 0.384. The predicted octanol–water partition coefficient (Wildman–Crippen LogP) is 2.97. The molecule has 158 valence electrons. The van der Waals surface area contributed by atoms with Gasteiger partial charge in [0.25, 0.3) is 0 Å². The smallest absolute Gasteiger partial charge is 0.326 e. The Hall–Kier alpha value is -3.30. The Morgan fingerprint density at radius 2 is 2.03 bits per heavy atom. The molecule has 0 spiro atoms. The molecule has 4 aromatic rings. The number of fused-ring (bicyclic) bond motifs is 4. The standard InChI is InChI=1S/C21H21ClN8O/c1-25-14-5-9(22)4-11-16-19(27-18(11)14)28-21(31-10-2-3-15(23)26-6-10)29-20(16)30-7-12-13(8-30)17(12)24/h2-6,12-13,17,25H,7-8,24H2,1H3,(H2,23,26)(H,27,28,29). The van der Waals surface area contributed by atoms with E-state index in [2.05, 4.69) is 25.2 Å². The Morgan fingerprint density at radius 1 is 1.23 bits per heavy atom. The Balaban J connectivity index is 1.53. The number of ether oxygens (including phenoxy) is 1. The van der Waals surface area contributed by atoms with Crippen molar-refractivity contribution in [2.75, 3.05) is 36.1 Å². The van der Waals surface area contributed by atoms with Crippen LogP contribution in [-0.2, 0) is 0 Å². The molecule has 1 aliphatic carbocycles. The number of aromatic amines is 1. The van der Waals surface area contributed by atoms with Crippen LogP contribution in [0.1, 0.15) is 0 Å². The molecule has 2 fully saturated rings. The Labute approximate surface area is 182 Å². The summed E-state index contributed by atoms with van der Waals surface area (Å²) in [5, 5.41) is 5.72. The van der Waals surface area contributed by atoms with E-state index in [0.717, 1.165) is 40.9 Å². The molecule has 2 aliphatic rings. The van der Waals surface area contributed by atoms with E-state index in [1.807, 2.05) is 19.2 Å². The molecule has 10 heteroatoms. The van der Waals surface area contributed by atoms with Crippen LogP contribution in [0.15, 0.2) is 30.5 Å². The second kappa shape index (κ2) is 6.60. The first-order valence-corrected chi connectivity index (χ1v) is 10.5. The van der Waals surface area contributed by atoms with E-state index in [9.17, 15) is 0 Å². The van der Waals surface area contributed by atoms with Crippen LogP contribution in [0.25, 0.3) is 21.9 Å². The zero-order valence-electron chi connectivity index (χ0n) is 16.8. The summed E-state index contributed by atoms with van der Waals surface area (Å²) in [6, 6.07) is 7.77. The minimum atomic E-state index is 0.239. The first-order valence-electron chi connectivity index (χ1n) is 10.1. The molecule has 2 atom stereocenters. The van der Waals surface area contributed by atoms with Crippen LogP contribution in [0.4, 0.5) is 17.3 Å². The van der Waals surface area contributed by atoms with Crippen molar-refractivity contribution in [3.63, 3.8) is 0 Å². The third-order valence-corrected chi connectivity index (χ3v) is 6.50. The largest absolute Gasteiger partial charge is 0.423 e. The molecule has 6 N–H and O–H groups in total. The van der Waals surface area contributed by atoms with Crippen molar-refractivity contribution < 1.29 is 4.74 Å². The van der Waals surface area contributed by atoms with Gasteiger partial charge in [0.2, 0.25) is 0 Å². The average Bonchev–Trinajstić information content (AvgIpc) is 3.12. The average molecular weight is 437 g/mol. The number of piperidine rings is 1. The lowest BCUT2D eigenvalue weighted by molar-refractivity contribution is 0.442. The number of halogens is 1. The van der Waals surface area contributed by atoms with Crippen molar-refractivity contribution >= 4 is 50.9 Å².